The molecule has 3 rings (SSSR count). The van der Waals surface area contributed by atoms with Crippen molar-refractivity contribution in [2.24, 2.45) is 0 Å². The predicted octanol–water partition coefficient (Wildman–Crippen LogP) is 0.968. The molecule has 1 fully saturated rings. The van der Waals surface area contributed by atoms with Crippen molar-refractivity contribution < 1.29 is 4.74 Å². The molecule has 7 heteroatoms. The monoisotopic (exact) mass is 256 g/mol. The van der Waals surface area contributed by atoms with Gasteiger partial charge in [-0.15, -0.1) is 0 Å². The highest BCUT2D eigenvalue weighted by atomic mass is 16.5. The van der Waals surface area contributed by atoms with Crippen LogP contribution < -0.4 is 5.73 Å². The Balaban J connectivity index is 2.10. The van der Waals surface area contributed by atoms with Crippen LogP contribution in [0.1, 0.15) is 30.2 Å². The molecule has 2 N–H and O–H groups in total. The van der Waals surface area contributed by atoms with E-state index in [9.17, 15) is 5.26 Å². The summed E-state index contributed by atoms with van der Waals surface area (Å²) in [6, 6.07) is 3.79. The van der Waals surface area contributed by atoms with Crippen LogP contribution in [0.5, 0.6) is 0 Å². The van der Waals surface area contributed by atoms with Gasteiger partial charge in [0.05, 0.1) is 0 Å². The molecule has 2 aromatic heterocycles. The third-order valence-corrected chi connectivity index (χ3v) is 3.04. The number of hydrogen-bond donors (Lipinski definition) is 1. The van der Waals surface area contributed by atoms with Gasteiger partial charge in [-0.1, -0.05) is 0 Å². The van der Waals surface area contributed by atoms with Gasteiger partial charge >= 0.3 is 0 Å². The zero-order chi connectivity index (χ0) is 13.2. The standard InChI is InChI=1S/C12H12N6O/c13-7-8-10(9-3-1-6-19-9)17-18(11(8)14)12-15-4-2-5-16-12/h2,4-5,9H,1,3,6,14H2/t9-/m1/s1. The molecule has 0 aliphatic carbocycles. The van der Waals surface area contributed by atoms with E-state index in [2.05, 4.69) is 21.1 Å². The Kier molecular flexibility index (Phi) is 2.85. The minimum atomic E-state index is -0.165. The first-order valence-electron chi connectivity index (χ1n) is 5.98. The van der Waals surface area contributed by atoms with E-state index in [1.807, 2.05) is 0 Å². The highest BCUT2D eigenvalue weighted by Crippen LogP contribution is 2.32. The zero-order valence-electron chi connectivity index (χ0n) is 10.2. The summed E-state index contributed by atoms with van der Waals surface area (Å²) in [5.74, 6) is 0.597. The van der Waals surface area contributed by atoms with E-state index in [-0.39, 0.29) is 11.9 Å². The number of ether oxygens (including phenoxy) is 1. The molecule has 3 heterocycles. The van der Waals surface area contributed by atoms with E-state index in [0.29, 0.717) is 23.8 Å². The molecule has 0 bridgehead atoms. The van der Waals surface area contributed by atoms with Crippen LogP contribution in [0.3, 0.4) is 0 Å². The first-order chi connectivity index (χ1) is 9.31. The van der Waals surface area contributed by atoms with Crippen molar-refractivity contribution in [2.75, 3.05) is 12.3 Å². The summed E-state index contributed by atoms with van der Waals surface area (Å²) in [5, 5.41) is 13.6. The van der Waals surface area contributed by atoms with Gasteiger partial charge in [0.1, 0.15) is 29.2 Å². The van der Waals surface area contributed by atoms with Gasteiger partial charge in [-0.3, -0.25) is 0 Å². The maximum absolute atomic E-state index is 9.24. The summed E-state index contributed by atoms with van der Waals surface area (Å²) in [6.07, 6.45) is 4.84. The average Bonchev–Trinajstić information content (AvgIpc) is 3.07. The molecule has 96 valence electrons. The molecule has 1 aliphatic rings. The summed E-state index contributed by atoms with van der Waals surface area (Å²) < 4.78 is 6.95. The van der Waals surface area contributed by atoms with Gasteiger partial charge in [-0.2, -0.15) is 15.0 Å². The van der Waals surface area contributed by atoms with E-state index in [1.165, 1.54) is 4.68 Å². The Hall–Kier alpha value is -2.46. The van der Waals surface area contributed by atoms with Crippen molar-refractivity contribution in [1.82, 2.24) is 19.7 Å². The molecule has 0 aromatic carbocycles. The van der Waals surface area contributed by atoms with E-state index in [0.717, 1.165) is 12.8 Å². The molecule has 2 aromatic rings. The van der Waals surface area contributed by atoms with Crippen molar-refractivity contribution in [3.8, 4) is 12.0 Å². The topological polar surface area (TPSA) is 103 Å². The van der Waals surface area contributed by atoms with Crippen molar-refractivity contribution in [1.29, 1.82) is 5.26 Å². The van der Waals surface area contributed by atoms with Crippen molar-refractivity contribution in [3.05, 3.63) is 29.7 Å². The largest absolute Gasteiger partial charge is 0.382 e. The average molecular weight is 256 g/mol. The number of nitrogens with zero attached hydrogens (tertiary/aromatic N) is 5. The molecule has 1 aliphatic heterocycles. The lowest BCUT2D eigenvalue weighted by Gasteiger charge is -2.05. The van der Waals surface area contributed by atoms with Crippen molar-refractivity contribution in [3.63, 3.8) is 0 Å². The number of hydrogen-bond acceptors (Lipinski definition) is 6. The number of nitrogen functional groups attached to an aromatic ring is 1. The first kappa shape index (κ1) is 11.6. The zero-order valence-corrected chi connectivity index (χ0v) is 10.2. The summed E-state index contributed by atoms with van der Waals surface area (Å²) in [6.45, 7) is 0.685. The minimum absolute atomic E-state index is 0.165. The Labute approximate surface area is 109 Å². The van der Waals surface area contributed by atoms with E-state index in [4.69, 9.17) is 10.5 Å². The number of nitrogens with two attached hydrogens (primary N) is 1. The Morgan fingerprint density at radius 1 is 1.42 bits per heavy atom. The van der Waals surface area contributed by atoms with Crippen LogP contribution in [-0.2, 0) is 4.74 Å². The highest BCUT2D eigenvalue weighted by molar-refractivity contribution is 5.55. The van der Waals surface area contributed by atoms with E-state index in [1.54, 1.807) is 18.5 Å². The van der Waals surface area contributed by atoms with Gasteiger partial charge < -0.3 is 10.5 Å². The Bertz CT molecular complexity index is 624. The summed E-state index contributed by atoms with van der Waals surface area (Å²) in [4.78, 5) is 8.17. The highest BCUT2D eigenvalue weighted by Gasteiger charge is 2.27. The number of anilines is 1. The van der Waals surface area contributed by atoms with Crippen LogP contribution >= 0.6 is 0 Å². The number of rotatable bonds is 2. The molecule has 0 radical (unpaired) electrons. The van der Waals surface area contributed by atoms with Gasteiger partial charge in [0.25, 0.3) is 5.95 Å². The quantitative estimate of drug-likeness (QED) is 0.858. The molecular weight excluding hydrogens is 244 g/mol. The second kappa shape index (κ2) is 4.66. The maximum Gasteiger partial charge on any atom is 0.252 e. The van der Waals surface area contributed by atoms with Gasteiger partial charge in [-0.05, 0) is 18.9 Å². The fraction of sp³-hybridized carbons (Fsp3) is 0.333. The van der Waals surface area contributed by atoms with Gasteiger partial charge in [0.2, 0.25) is 0 Å². The van der Waals surface area contributed by atoms with Crippen molar-refractivity contribution >= 4 is 5.82 Å². The van der Waals surface area contributed by atoms with Crippen LogP contribution in [-0.4, -0.2) is 26.4 Å². The molecule has 0 saturated carbocycles. The minimum Gasteiger partial charge on any atom is -0.382 e. The second-order valence-corrected chi connectivity index (χ2v) is 4.22. The fourth-order valence-electron chi connectivity index (χ4n) is 2.14. The van der Waals surface area contributed by atoms with Gasteiger partial charge in [0, 0.05) is 19.0 Å². The molecule has 7 nitrogen and oxygen atoms in total. The predicted molar refractivity (Wildman–Crippen MR) is 66.2 cm³/mol. The molecule has 1 saturated heterocycles. The van der Waals surface area contributed by atoms with Crippen LogP contribution in [0.4, 0.5) is 5.82 Å². The lowest BCUT2D eigenvalue weighted by atomic mass is 10.1. The third kappa shape index (κ3) is 1.92. The summed E-state index contributed by atoms with van der Waals surface area (Å²) in [5.41, 5.74) is 6.88. The molecule has 0 amide bonds. The van der Waals surface area contributed by atoms with Crippen LogP contribution in [0.2, 0.25) is 0 Å². The molecule has 19 heavy (non-hydrogen) atoms. The lowest BCUT2D eigenvalue weighted by Crippen LogP contribution is -2.06. The van der Waals surface area contributed by atoms with Gasteiger partial charge in [0.15, 0.2) is 0 Å². The number of aromatic nitrogens is 4. The SMILES string of the molecule is N#Cc1c([C@H]2CCCO2)nn(-c2ncccn2)c1N. The summed E-state index contributed by atoms with van der Waals surface area (Å²) >= 11 is 0. The normalized spacial score (nSPS) is 18.4. The maximum atomic E-state index is 9.24. The molecular formula is C12H12N6O. The third-order valence-electron chi connectivity index (χ3n) is 3.04. The lowest BCUT2D eigenvalue weighted by molar-refractivity contribution is 0.108. The van der Waals surface area contributed by atoms with E-state index < -0.39 is 0 Å². The van der Waals surface area contributed by atoms with Crippen LogP contribution in [0, 0.1) is 11.3 Å². The molecule has 0 unspecified atom stereocenters. The summed E-state index contributed by atoms with van der Waals surface area (Å²) in [7, 11) is 0. The molecule has 1 atom stereocenters. The van der Waals surface area contributed by atoms with Crippen LogP contribution in [0.25, 0.3) is 5.95 Å². The van der Waals surface area contributed by atoms with Crippen LogP contribution in [0.15, 0.2) is 18.5 Å². The first-order valence-corrected chi connectivity index (χ1v) is 5.98. The number of nitriles is 1. The second-order valence-electron chi connectivity index (χ2n) is 4.22. The van der Waals surface area contributed by atoms with E-state index >= 15 is 0 Å². The Morgan fingerprint density at radius 2 is 2.21 bits per heavy atom. The van der Waals surface area contributed by atoms with Crippen molar-refractivity contribution in [2.45, 2.75) is 18.9 Å². The van der Waals surface area contributed by atoms with Gasteiger partial charge in [-0.25, -0.2) is 9.97 Å². The Morgan fingerprint density at radius 3 is 2.84 bits per heavy atom. The fourth-order valence-corrected chi connectivity index (χ4v) is 2.14. The molecule has 0 spiro atoms. The smallest absolute Gasteiger partial charge is 0.252 e.